The van der Waals surface area contributed by atoms with Gasteiger partial charge in [-0.3, -0.25) is 0 Å². The highest BCUT2D eigenvalue weighted by atomic mass is 14.2. The first kappa shape index (κ1) is 7.00. The largest absolute Gasteiger partial charge is 0.121 e. The van der Waals surface area contributed by atoms with Crippen LogP contribution in [0.15, 0.2) is 29.5 Å². The van der Waals surface area contributed by atoms with Gasteiger partial charge in [-0.05, 0) is 24.5 Å². The Morgan fingerprint density at radius 1 is 1.55 bits per heavy atom. The molecule has 0 spiro atoms. The smallest absolute Gasteiger partial charge is 0.106 e. The third-order valence-corrected chi connectivity index (χ3v) is 2.80. The molecule has 0 radical (unpaired) electrons. The minimum absolute atomic E-state index is 0.716. The van der Waals surface area contributed by atoms with Crippen molar-refractivity contribution >= 4 is 7.85 Å². The summed E-state index contributed by atoms with van der Waals surface area (Å²) >= 11 is 0. The zero-order chi connectivity index (χ0) is 7.68. The van der Waals surface area contributed by atoms with E-state index in [2.05, 4.69) is 25.7 Å². The number of rotatable bonds is 0. The van der Waals surface area contributed by atoms with Crippen molar-refractivity contribution in [3.63, 3.8) is 0 Å². The van der Waals surface area contributed by atoms with E-state index in [0.717, 1.165) is 5.82 Å². The summed E-state index contributed by atoms with van der Waals surface area (Å²) in [4.78, 5) is 0. The fourth-order valence-corrected chi connectivity index (χ4v) is 2.11. The Labute approximate surface area is 69.1 Å². The maximum Gasteiger partial charge on any atom is 0.106 e. The number of hydrogen-bond acceptors (Lipinski definition) is 0. The molecule has 2 aliphatic rings. The average Bonchev–Trinajstić information content (AvgIpc) is 2.06. The molecule has 2 atom stereocenters. The van der Waals surface area contributed by atoms with Gasteiger partial charge in [-0.2, -0.15) is 0 Å². The monoisotopic (exact) mass is 144 g/mol. The predicted molar refractivity (Wildman–Crippen MR) is 50.4 cm³/mol. The first-order valence-corrected chi connectivity index (χ1v) is 4.50. The van der Waals surface area contributed by atoms with Crippen molar-refractivity contribution < 1.29 is 0 Å². The normalized spacial score (nSPS) is 34.7. The van der Waals surface area contributed by atoms with Crippen LogP contribution in [0.4, 0.5) is 0 Å². The minimum Gasteiger partial charge on any atom is -0.121 e. The lowest BCUT2D eigenvalue weighted by Gasteiger charge is -2.28. The molecule has 0 N–H and O–H groups in total. The molecule has 1 fully saturated rings. The van der Waals surface area contributed by atoms with Crippen LogP contribution in [0.1, 0.15) is 19.3 Å². The Kier molecular flexibility index (Phi) is 1.75. The lowest BCUT2D eigenvalue weighted by Crippen LogP contribution is -2.15. The summed E-state index contributed by atoms with van der Waals surface area (Å²) in [6.07, 6.45) is 10.5. The van der Waals surface area contributed by atoms with Crippen LogP contribution in [0.2, 0.25) is 5.82 Å². The third-order valence-electron chi connectivity index (χ3n) is 2.80. The van der Waals surface area contributed by atoms with Crippen LogP contribution in [0.3, 0.4) is 0 Å². The Morgan fingerprint density at radius 3 is 3.27 bits per heavy atom. The van der Waals surface area contributed by atoms with E-state index in [9.17, 15) is 0 Å². The van der Waals surface area contributed by atoms with Crippen molar-refractivity contribution in [3.05, 3.63) is 29.5 Å². The summed E-state index contributed by atoms with van der Waals surface area (Å²) in [5.74, 6) is 1.56. The number of hydrogen-bond donors (Lipinski definition) is 0. The van der Waals surface area contributed by atoms with Gasteiger partial charge >= 0.3 is 0 Å². The van der Waals surface area contributed by atoms with Crippen LogP contribution < -0.4 is 0 Å². The molecule has 0 bridgehead atoms. The van der Waals surface area contributed by atoms with Gasteiger partial charge in [0.1, 0.15) is 7.85 Å². The highest BCUT2D eigenvalue weighted by molar-refractivity contribution is 6.12. The summed E-state index contributed by atoms with van der Waals surface area (Å²) in [6.45, 7) is 0. The van der Waals surface area contributed by atoms with Gasteiger partial charge in [-0.25, -0.2) is 0 Å². The highest BCUT2D eigenvalue weighted by Gasteiger charge is 2.23. The summed E-state index contributed by atoms with van der Waals surface area (Å²) in [6, 6.07) is 0. The number of allylic oxidation sites excluding steroid dienone is 3. The second kappa shape index (κ2) is 2.75. The summed E-state index contributed by atoms with van der Waals surface area (Å²) in [7, 11) is 2.35. The molecule has 2 unspecified atom stereocenters. The highest BCUT2D eigenvalue weighted by Crippen LogP contribution is 2.37. The SMILES string of the molecule is BC1CCCC2=C=CC=CC21. The summed E-state index contributed by atoms with van der Waals surface area (Å²) < 4.78 is 0. The van der Waals surface area contributed by atoms with Crippen LogP contribution in [0, 0.1) is 5.92 Å². The zero-order valence-corrected chi connectivity index (χ0v) is 7.01. The maximum absolute atomic E-state index is 3.36. The van der Waals surface area contributed by atoms with E-state index in [4.69, 9.17) is 0 Å². The Hall–Kier alpha value is -0.675. The van der Waals surface area contributed by atoms with Gasteiger partial charge in [-0.15, -0.1) is 5.73 Å². The lowest BCUT2D eigenvalue weighted by atomic mass is 9.65. The molecule has 2 rings (SSSR count). The van der Waals surface area contributed by atoms with Gasteiger partial charge in [0.15, 0.2) is 0 Å². The molecular weight excluding hydrogens is 131 g/mol. The van der Waals surface area contributed by atoms with Crippen molar-refractivity contribution in [2.75, 3.05) is 0 Å². The van der Waals surface area contributed by atoms with Gasteiger partial charge in [0, 0.05) is 5.92 Å². The van der Waals surface area contributed by atoms with Crippen LogP contribution in [-0.2, 0) is 0 Å². The quantitative estimate of drug-likeness (QED) is 0.359. The number of fused-ring (bicyclic) bond motifs is 1. The Bertz CT molecular complexity index is 244. The summed E-state index contributed by atoms with van der Waals surface area (Å²) in [5, 5.41) is 0. The van der Waals surface area contributed by atoms with Crippen molar-refractivity contribution in [2.45, 2.75) is 25.1 Å². The topological polar surface area (TPSA) is 0 Å². The van der Waals surface area contributed by atoms with Crippen molar-refractivity contribution in [3.8, 4) is 0 Å². The van der Waals surface area contributed by atoms with Crippen LogP contribution in [-0.4, -0.2) is 7.85 Å². The van der Waals surface area contributed by atoms with Crippen LogP contribution in [0.25, 0.3) is 0 Å². The van der Waals surface area contributed by atoms with Gasteiger partial charge in [0.05, 0.1) is 0 Å². The van der Waals surface area contributed by atoms with E-state index in [1.54, 1.807) is 0 Å². The fourth-order valence-electron chi connectivity index (χ4n) is 2.11. The van der Waals surface area contributed by atoms with E-state index in [1.807, 2.05) is 6.08 Å². The predicted octanol–water partition coefficient (Wildman–Crippen LogP) is 1.86. The van der Waals surface area contributed by atoms with Crippen LogP contribution >= 0.6 is 0 Å². The molecule has 0 aromatic heterocycles. The van der Waals surface area contributed by atoms with E-state index >= 15 is 0 Å². The maximum atomic E-state index is 3.36. The van der Waals surface area contributed by atoms with Crippen molar-refractivity contribution in [1.29, 1.82) is 0 Å². The molecule has 0 nitrogen and oxygen atoms in total. The lowest BCUT2D eigenvalue weighted by molar-refractivity contribution is 0.518. The van der Waals surface area contributed by atoms with E-state index in [1.165, 1.54) is 24.8 Å². The fraction of sp³-hybridized carbons (Fsp3) is 0.500. The minimum atomic E-state index is 0.716. The van der Waals surface area contributed by atoms with Crippen LogP contribution in [0.5, 0.6) is 0 Å². The Balaban J connectivity index is 2.29. The molecule has 11 heavy (non-hydrogen) atoms. The molecule has 2 aliphatic carbocycles. The molecule has 0 aromatic carbocycles. The molecule has 56 valence electrons. The first-order valence-electron chi connectivity index (χ1n) is 4.50. The van der Waals surface area contributed by atoms with E-state index < -0.39 is 0 Å². The van der Waals surface area contributed by atoms with Crippen molar-refractivity contribution in [1.82, 2.24) is 0 Å². The van der Waals surface area contributed by atoms with E-state index in [-0.39, 0.29) is 0 Å². The molecule has 0 heterocycles. The average molecular weight is 144 g/mol. The van der Waals surface area contributed by atoms with Gasteiger partial charge in [-0.1, -0.05) is 24.4 Å². The second-order valence-corrected chi connectivity index (χ2v) is 3.62. The van der Waals surface area contributed by atoms with Gasteiger partial charge < -0.3 is 0 Å². The molecule has 0 aromatic rings. The van der Waals surface area contributed by atoms with Gasteiger partial charge in [0.25, 0.3) is 0 Å². The zero-order valence-electron chi connectivity index (χ0n) is 7.01. The standard InChI is InChI=1S/C10H13B/c11-10-7-3-5-8-4-1-2-6-9(8)10/h1-2,6,9-10H,3,5,7,11H2. The second-order valence-electron chi connectivity index (χ2n) is 3.62. The molecule has 1 saturated carbocycles. The molecule has 1 heteroatoms. The first-order chi connectivity index (χ1) is 5.38. The van der Waals surface area contributed by atoms with E-state index in [0.29, 0.717) is 5.92 Å². The molecule has 0 saturated heterocycles. The van der Waals surface area contributed by atoms with Gasteiger partial charge in [0.2, 0.25) is 0 Å². The summed E-state index contributed by atoms with van der Waals surface area (Å²) in [5.41, 5.74) is 4.89. The van der Waals surface area contributed by atoms with Crippen molar-refractivity contribution in [2.24, 2.45) is 5.92 Å². The molecular formula is C10H13B. The molecule has 0 aliphatic heterocycles. The third kappa shape index (κ3) is 1.21. The Morgan fingerprint density at radius 2 is 2.45 bits per heavy atom. The molecule has 0 amide bonds.